The van der Waals surface area contributed by atoms with Crippen molar-refractivity contribution in [2.75, 3.05) is 0 Å². The van der Waals surface area contributed by atoms with E-state index in [1.165, 1.54) is 25.7 Å². The van der Waals surface area contributed by atoms with Crippen molar-refractivity contribution < 1.29 is 4.37 Å². The highest BCUT2D eigenvalue weighted by molar-refractivity contribution is 5.11. The molecule has 1 unspecified atom stereocenters. The molecule has 0 aromatic heterocycles. The van der Waals surface area contributed by atoms with Gasteiger partial charge in [-0.1, -0.05) is 0 Å². The van der Waals surface area contributed by atoms with Crippen LogP contribution in [0.2, 0.25) is 0 Å². The summed E-state index contributed by atoms with van der Waals surface area (Å²) in [4.78, 5) is 0. The Bertz CT molecular complexity index is 167. The molecule has 0 aromatic carbocycles. The molecular formula is C9H13O+. The molecule has 3 rings (SSSR count). The fourth-order valence-electron chi connectivity index (χ4n) is 2.73. The number of hydrogen-bond donors (Lipinski definition) is 0. The Balaban J connectivity index is 2.01. The van der Waals surface area contributed by atoms with Gasteiger partial charge in [0.15, 0.2) is 18.3 Å². The molecule has 1 nitrogen and oxygen atoms in total. The minimum Gasteiger partial charge on any atom is -0.409 e. The Morgan fingerprint density at radius 2 is 1.50 bits per heavy atom. The Morgan fingerprint density at radius 3 is 2.10 bits per heavy atom. The van der Waals surface area contributed by atoms with Gasteiger partial charge >= 0.3 is 0 Å². The normalized spacial score (nSPS) is 50.6. The SMILES string of the molecule is C1=C[C@H]2CCC3CC[C@@H]1[O+]32. The van der Waals surface area contributed by atoms with Crippen LogP contribution >= 0.6 is 0 Å². The molecule has 0 saturated carbocycles. The summed E-state index contributed by atoms with van der Waals surface area (Å²) in [5, 5.41) is 0. The summed E-state index contributed by atoms with van der Waals surface area (Å²) >= 11 is 0. The van der Waals surface area contributed by atoms with Crippen LogP contribution in [0.3, 0.4) is 0 Å². The second kappa shape index (κ2) is 1.65. The first-order chi connectivity index (χ1) is 4.95. The van der Waals surface area contributed by atoms with Crippen LogP contribution in [-0.4, -0.2) is 18.3 Å². The van der Waals surface area contributed by atoms with Gasteiger partial charge in [-0.2, -0.15) is 0 Å². The van der Waals surface area contributed by atoms with Crippen molar-refractivity contribution in [3.8, 4) is 0 Å². The van der Waals surface area contributed by atoms with Gasteiger partial charge in [0.05, 0.1) is 0 Å². The lowest BCUT2D eigenvalue weighted by molar-refractivity contribution is -0.171. The molecule has 3 heterocycles. The summed E-state index contributed by atoms with van der Waals surface area (Å²) in [6, 6.07) is 0. The lowest BCUT2D eigenvalue weighted by Gasteiger charge is -2.17. The zero-order chi connectivity index (χ0) is 6.55. The molecule has 0 aromatic rings. The summed E-state index contributed by atoms with van der Waals surface area (Å²) in [5.41, 5.74) is 0. The van der Waals surface area contributed by atoms with Crippen LogP contribution in [0.4, 0.5) is 0 Å². The molecule has 0 bridgehead atoms. The monoisotopic (exact) mass is 137 g/mol. The van der Waals surface area contributed by atoms with Gasteiger partial charge in [-0.15, -0.1) is 0 Å². The number of rotatable bonds is 0. The molecule has 1 heteroatoms. The van der Waals surface area contributed by atoms with Crippen molar-refractivity contribution in [3.05, 3.63) is 12.2 Å². The van der Waals surface area contributed by atoms with Crippen LogP contribution in [0.1, 0.15) is 25.7 Å². The van der Waals surface area contributed by atoms with Gasteiger partial charge in [0, 0.05) is 25.7 Å². The predicted molar refractivity (Wildman–Crippen MR) is 40.1 cm³/mol. The average molecular weight is 137 g/mol. The van der Waals surface area contributed by atoms with Gasteiger partial charge in [0.1, 0.15) is 0 Å². The first kappa shape index (κ1) is 5.36. The Labute approximate surface area is 61.4 Å². The molecule has 0 spiro atoms. The maximum atomic E-state index is 3.53. The predicted octanol–water partition coefficient (Wildman–Crippen LogP) is 1.80. The quantitative estimate of drug-likeness (QED) is 0.353. The van der Waals surface area contributed by atoms with Crippen molar-refractivity contribution in [2.45, 2.75) is 44.0 Å². The second-order valence-electron chi connectivity index (χ2n) is 3.65. The maximum Gasteiger partial charge on any atom is 0.176 e. The van der Waals surface area contributed by atoms with Crippen molar-refractivity contribution in [2.24, 2.45) is 0 Å². The van der Waals surface area contributed by atoms with Gasteiger partial charge in [-0.05, 0) is 12.2 Å². The van der Waals surface area contributed by atoms with E-state index in [2.05, 4.69) is 16.5 Å². The first-order valence-electron chi connectivity index (χ1n) is 4.34. The molecule has 10 heavy (non-hydrogen) atoms. The first-order valence-corrected chi connectivity index (χ1v) is 4.34. The third-order valence-corrected chi connectivity index (χ3v) is 3.17. The minimum absolute atomic E-state index is 0.762. The highest BCUT2D eigenvalue weighted by Crippen LogP contribution is 2.45. The van der Waals surface area contributed by atoms with Gasteiger partial charge in [0.25, 0.3) is 0 Å². The van der Waals surface area contributed by atoms with Crippen LogP contribution in [0.5, 0.6) is 0 Å². The average Bonchev–Trinajstić information content (AvgIpc) is 2.56. The third-order valence-electron chi connectivity index (χ3n) is 3.17. The summed E-state index contributed by atoms with van der Waals surface area (Å²) in [6.07, 6.45) is 12.8. The Morgan fingerprint density at radius 1 is 0.900 bits per heavy atom. The molecule has 0 amide bonds. The highest BCUT2D eigenvalue weighted by atomic mass is 16.7. The Hall–Kier alpha value is -0.300. The fraction of sp³-hybridized carbons (Fsp3) is 0.778. The molecule has 2 fully saturated rings. The second-order valence-corrected chi connectivity index (χ2v) is 3.65. The van der Waals surface area contributed by atoms with Crippen LogP contribution in [-0.2, 0) is 4.37 Å². The van der Waals surface area contributed by atoms with Crippen LogP contribution in [0, 0.1) is 0 Å². The molecule has 0 aliphatic carbocycles. The van der Waals surface area contributed by atoms with E-state index in [-0.39, 0.29) is 0 Å². The van der Waals surface area contributed by atoms with E-state index in [1.54, 1.807) is 0 Å². The Kier molecular flexibility index (Phi) is 0.883. The molecule has 54 valence electrons. The van der Waals surface area contributed by atoms with E-state index < -0.39 is 0 Å². The summed E-state index contributed by atoms with van der Waals surface area (Å²) < 4.78 is 3.53. The smallest absolute Gasteiger partial charge is 0.176 e. The third kappa shape index (κ3) is 0.485. The standard InChI is InChI=1S/C9H13O/c1-2-8-5-6-9-4-3-7(1)10(8)9/h1-2,7-9H,3-6H2/q+1/t7-,8+,9?. The van der Waals surface area contributed by atoms with Crippen LogP contribution < -0.4 is 0 Å². The lowest BCUT2D eigenvalue weighted by atomic mass is 10.1. The van der Waals surface area contributed by atoms with Crippen molar-refractivity contribution in [3.63, 3.8) is 0 Å². The molecule has 3 aliphatic heterocycles. The number of hydrogen-bond acceptors (Lipinski definition) is 0. The van der Waals surface area contributed by atoms with E-state index in [0.717, 1.165) is 18.3 Å². The van der Waals surface area contributed by atoms with Crippen molar-refractivity contribution in [1.29, 1.82) is 0 Å². The molecule has 3 atom stereocenters. The maximum absolute atomic E-state index is 3.53. The zero-order valence-electron chi connectivity index (χ0n) is 6.12. The zero-order valence-corrected chi connectivity index (χ0v) is 6.12. The van der Waals surface area contributed by atoms with Gasteiger partial charge in [0.2, 0.25) is 0 Å². The minimum atomic E-state index is 0.762. The van der Waals surface area contributed by atoms with E-state index in [9.17, 15) is 0 Å². The van der Waals surface area contributed by atoms with Crippen molar-refractivity contribution >= 4 is 0 Å². The molecule has 2 saturated heterocycles. The molecular weight excluding hydrogens is 124 g/mol. The highest BCUT2D eigenvalue weighted by Gasteiger charge is 2.50. The van der Waals surface area contributed by atoms with Gasteiger partial charge < -0.3 is 4.37 Å². The molecule has 0 N–H and O–H groups in total. The fourth-order valence-corrected chi connectivity index (χ4v) is 2.73. The summed E-state index contributed by atoms with van der Waals surface area (Å²) in [7, 11) is 0. The van der Waals surface area contributed by atoms with E-state index in [1.807, 2.05) is 0 Å². The van der Waals surface area contributed by atoms with Gasteiger partial charge in [-0.3, -0.25) is 0 Å². The van der Waals surface area contributed by atoms with Crippen LogP contribution in [0.25, 0.3) is 0 Å². The largest absolute Gasteiger partial charge is 0.409 e. The lowest BCUT2D eigenvalue weighted by Crippen LogP contribution is -2.21. The van der Waals surface area contributed by atoms with E-state index >= 15 is 0 Å². The van der Waals surface area contributed by atoms with Crippen LogP contribution in [0.15, 0.2) is 12.2 Å². The topological polar surface area (TPSA) is 2.70 Å². The van der Waals surface area contributed by atoms with E-state index in [0.29, 0.717) is 0 Å². The van der Waals surface area contributed by atoms with E-state index in [4.69, 9.17) is 0 Å². The molecule has 3 aliphatic rings. The molecule has 0 radical (unpaired) electrons. The van der Waals surface area contributed by atoms with Crippen molar-refractivity contribution in [1.82, 2.24) is 0 Å². The summed E-state index contributed by atoms with van der Waals surface area (Å²) in [5.74, 6) is 0. The summed E-state index contributed by atoms with van der Waals surface area (Å²) in [6.45, 7) is 0. The van der Waals surface area contributed by atoms with Gasteiger partial charge in [-0.25, -0.2) is 0 Å².